The highest BCUT2D eigenvalue weighted by molar-refractivity contribution is 5.58. The maximum atomic E-state index is 5.31. The van der Waals surface area contributed by atoms with Crippen LogP contribution in [0.4, 0.5) is 5.69 Å². The third-order valence-electron chi connectivity index (χ3n) is 2.90. The van der Waals surface area contributed by atoms with Gasteiger partial charge in [-0.2, -0.15) is 4.98 Å². The molecule has 18 heavy (non-hydrogen) atoms. The smallest absolute Gasteiger partial charge is 0.258 e. The molecule has 0 saturated carbocycles. The number of benzene rings is 1. The summed E-state index contributed by atoms with van der Waals surface area (Å²) in [6, 6.07) is 7.78. The van der Waals surface area contributed by atoms with Gasteiger partial charge in [-0.3, -0.25) is 0 Å². The fourth-order valence-electron chi connectivity index (χ4n) is 1.46. The third kappa shape index (κ3) is 2.36. The molecule has 5 nitrogen and oxygen atoms in total. The van der Waals surface area contributed by atoms with E-state index in [9.17, 15) is 0 Å². The van der Waals surface area contributed by atoms with Crippen molar-refractivity contribution in [2.24, 2.45) is 0 Å². The van der Waals surface area contributed by atoms with Crippen LogP contribution in [0.1, 0.15) is 19.7 Å². The lowest BCUT2D eigenvalue weighted by Crippen LogP contribution is -2.21. The van der Waals surface area contributed by atoms with E-state index in [0.717, 1.165) is 11.3 Å². The zero-order chi connectivity index (χ0) is 13.2. The second-order valence-electron chi connectivity index (χ2n) is 4.46. The topological polar surface area (TPSA) is 60.2 Å². The number of hydrogen-bond acceptors (Lipinski definition) is 5. The van der Waals surface area contributed by atoms with Crippen LogP contribution in [0, 0.1) is 0 Å². The number of anilines is 1. The van der Waals surface area contributed by atoms with E-state index in [4.69, 9.17) is 9.26 Å². The summed E-state index contributed by atoms with van der Waals surface area (Å²) in [4.78, 5) is 4.36. The summed E-state index contributed by atoms with van der Waals surface area (Å²) < 4.78 is 10.6. The molecule has 96 valence electrons. The van der Waals surface area contributed by atoms with E-state index >= 15 is 0 Å². The number of nitrogens with zero attached hydrogens (tertiary/aromatic N) is 2. The van der Waals surface area contributed by atoms with Gasteiger partial charge in [-0.05, 0) is 38.1 Å². The lowest BCUT2D eigenvalue weighted by atomic mass is 10.1. The molecule has 1 aromatic heterocycles. The van der Waals surface area contributed by atoms with Crippen LogP contribution in [0.3, 0.4) is 0 Å². The van der Waals surface area contributed by atoms with E-state index in [1.165, 1.54) is 0 Å². The second kappa shape index (κ2) is 4.78. The minimum Gasteiger partial charge on any atom is -0.388 e. The van der Waals surface area contributed by atoms with Crippen molar-refractivity contribution in [3.05, 3.63) is 30.1 Å². The maximum absolute atomic E-state index is 5.31. The zero-order valence-corrected chi connectivity index (χ0v) is 11.0. The molecule has 1 heterocycles. The molecule has 0 atom stereocenters. The number of hydrogen-bond donors (Lipinski definition) is 1. The van der Waals surface area contributed by atoms with Gasteiger partial charge in [0.05, 0.1) is 0 Å². The Bertz CT molecular complexity index is 517. The highest BCUT2D eigenvalue weighted by Gasteiger charge is 2.26. The Morgan fingerprint density at radius 3 is 2.44 bits per heavy atom. The Kier molecular flexibility index (Phi) is 3.34. The third-order valence-corrected chi connectivity index (χ3v) is 2.90. The average molecular weight is 247 g/mol. The van der Waals surface area contributed by atoms with Gasteiger partial charge in [0.25, 0.3) is 5.89 Å². The molecule has 0 spiro atoms. The Morgan fingerprint density at radius 2 is 1.89 bits per heavy atom. The van der Waals surface area contributed by atoms with Gasteiger partial charge >= 0.3 is 0 Å². The highest BCUT2D eigenvalue weighted by Crippen LogP contribution is 2.25. The first kappa shape index (κ1) is 12.6. The number of nitrogens with one attached hydrogen (secondary N) is 1. The summed E-state index contributed by atoms with van der Waals surface area (Å²) >= 11 is 0. The normalized spacial score (nSPS) is 11.6. The lowest BCUT2D eigenvalue weighted by Gasteiger charge is -2.17. The van der Waals surface area contributed by atoms with Crippen molar-refractivity contribution in [3.63, 3.8) is 0 Å². The molecule has 0 fully saturated rings. The van der Waals surface area contributed by atoms with Crippen LogP contribution in [0.5, 0.6) is 0 Å². The van der Waals surface area contributed by atoms with Crippen molar-refractivity contribution < 1.29 is 9.26 Å². The van der Waals surface area contributed by atoms with Crippen molar-refractivity contribution >= 4 is 5.69 Å². The molecule has 5 heteroatoms. The van der Waals surface area contributed by atoms with Gasteiger partial charge in [-0.25, -0.2) is 0 Å². The molecule has 0 saturated heterocycles. The van der Waals surface area contributed by atoms with Crippen molar-refractivity contribution in [3.8, 4) is 11.5 Å². The van der Waals surface area contributed by atoms with Crippen LogP contribution in [0.15, 0.2) is 28.8 Å². The first-order valence-electron chi connectivity index (χ1n) is 5.74. The fourth-order valence-corrected chi connectivity index (χ4v) is 1.46. The average Bonchev–Trinajstić information content (AvgIpc) is 2.89. The standard InChI is InChI=1S/C13H17N3O2/c1-13(2,17-4)12-15-11(18-16-12)9-5-7-10(14-3)8-6-9/h5-8,14H,1-4H3. The van der Waals surface area contributed by atoms with Crippen LogP contribution in [0.25, 0.3) is 11.5 Å². The fraction of sp³-hybridized carbons (Fsp3) is 0.385. The maximum Gasteiger partial charge on any atom is 0.258 e. The minimum absolute atomic E-state index is 0.498. The molecule has 0 amide bonds. The van der Waals surface area contributed by atoms with Crippen LogP contribution in [0.2, 0.25) is 0 Å². The van der Waals surface area contributed by atoms with Gasteiger partial charge in [0.15, 0.2) is 0 Å². The number of rotatable bonds is 4. The molecular weight excluding hydrogens is 230 g/mol. The Morgan fingerprint density at radius 1 is 1.22 bits per heavy atom. The predicted octanol–water partition coefficient (Wildman–Crippen LogP) is 2.66. The number of ether oxygens (including phenoxy) is 1. The second-order valence-corrected chi connectivity index (χ2v) is 4.46. The lowest BCUT2D eigenvalue weighted by molar-refractivity contribution is 0.00973. The van der Waals surface area contributed by atoms with Gasteiger partial charge in [-0.1, -0.05) is 5.16 Å². The Balaban J connectivity index is 2.29. The van der Waals surface area contributed by atoms with Gasteiger partial charge in [-0.15, -0.1) is 0 Å². The Hall–Kier alpha value is -1.88. The molecule has 0 unspecified atom stereocenters. The van der Waals surface area contributed by atoms with Crippen LogP contribution >= 0.6 is 0 Å². The molecule has 0 bridgehead atoms. The van der Waals surface area contributed by atoms with E-state index in [1.807, 2.05) is 45.2 Å². The summed E-state index contributed by atoms with van der Waals surface area (Å²) in [5.41, 5.74) is 1.38. The summed E-state index contributed by atoms with van der Waals surface area (Å²) in [6.07, 6.45) is 0. The van der Waals surface area contributed by atoms with Crippen molar-refractivity contribution in [1.29, 1.82) is 0 Å². The molecule has 0 aliphatic rings. The molecule has 1 N–H and O–H groups in total. The van der Waals surface area contributed by atoms with Gasteiger partial charge in [0.2, 0.25) is 5.82 Å². The molecule has 2 rings (SSSR count). The molecule has 0 aliphatic heterocycles. The van der Waals surface area contributed by atoms with E-state index in [2.05, 4.69) is 15.5 Å². The van der Waals surface area contributed by atoms with Crippen molar-refractivity contribution in [2.45, 2.75) is 19.4 Å². The van der Waals surface area contributed by atoms with Crippen LogP contribution in [-0.2, 0) is 10.3 Å². The van der Waals surface area contributed by atoms with Gasteiger partial charge in [0, 0.05) is 25.4 Å². The summed E-state index contributed by atoms with van der Waals surface area (Å²) in [6.45, 7) is 3.79. The molecule has 2 aromatic rings. The summed E-state index contributed by atoms with van der Waals surface area (Å²) in [5.74, 6) is 1.04. The zero-order valence-electron chi connectivity index (χ0n) is 11.0. The molecular formula is C13H17N3O2. The van der Waals surface area contributed by atoms with E-state index in [-0.39, 0.29) is 0 Å². The first-order valence-corrected chi connectivity index (χ1v) is 5.74. The van der Waals surface area contributed by atoms with Crippen molar-refractivity contribution in [2.75, 3.05) is 19.5 Å². The number of aromatic nitrogens is 2. The Labute approximate surface area is 106 Å². The molecule has 0 radical (unpaired) electrons. The van der Waals surface area contributed by atoms with E-state index in [0.29, 0.717) is 11.7 Å². The molecule has 1 aromatic carbocycles. The van der Waals surface area contributed by atoms with Gasteiger partial charge < -0.3 is 14.6 Å². The largest absolute Gasteiger partial charge is 0.388 e. The van der Waals surface area contributed by atoms with Gasteiger partial charge in [0.1, 0.15) is 5.60 Å². The first-order chi connectivity index (χ1) is 8.56. The van der Waals surface area contributed by atoms with Crippen LogP contribution < -0.4 is 5.32 Å². The van der Waals surface area contributed by atoms with E-state index < -0.39 is 5.60 Å². The molecule has 0 aliphatic carbocycles. The predicted molar refractivity (Wildman–Crippen MR) is 69.3 cm³/mol. The minimum atomic E-state index is -0.549. The van der Waals surface area contributed by atoms with Crippen molar-refractivity contribution in [1.82, 2.24) is 10.1 Å². The van der Waals surface area contributed by atoms with E-state index in [1.54, 1.807) is 7.11 Å². The SMILES string of the molecule is CNc1ccc(-c2nc(C(C)(C)OC)no2)cc1. The van der Waals surface area contributed by atoms with Crippen LogP contribution in [-0.4, -0.2) is 24.3 Å². The summed E-state index contributed by atoms with van der Waals surface area (Å²) in [5, 5.41) is 7.01. The summed E-state index contributed by atoms with van der Waals surface area (Å²) in [7, 11) is 3.50. The monoisotopic (exact) mass is 247 g/mol. The number of methoxy groups -OCH3 is 1. The highest BCUT2D eigenvalue weighted by atomic mass is 16.5. The quantitative estimate of drug-likeness (QED) is 0.900.